The Kier molecular flexibility index (Phi) is 5.06. The minimum absolute atomic E-state index is 0.262. The van der Waals surface area contributed by atoms with Crippen molar-refractivity contribution in [3.63, 3.8) is 0 Å². The van der Waals surface area contributed by atoms with Crippen molar-refractivity contribution in [3.05, 3.63) is 54.1 Å². The van der Waals surface area contributed by atoms with Crippen LogP contribution in [0.5, 0.6) is 5.75 Å². The third-order valence-corrected chi connectivity index (χ3v) is 3.51. The van der Waals surface area contributed by atoms with Gasteiger partial charge < -0.3 is 20.7 Å². The molecule has 0 saturated heterocycles. The molecule has 2 aromatic rings. The molecule has 3 N–H and O–H groups in total. The second kappa shape index (κ2) is 6.99. The van der Waals surface area contributed by atoms with Gasteiger partial charge >= 0.3 is 0 Å². The van der Waals surface area contributed by atoms with E-state index < -0.39 is 0 Å². The van der Waals surface area contributed by atoms with E-state index in [0.29, 0.717) is 0 Å². The fourth-order valence-electron chi connectivity index (χ4n) is 2.26. The van der Waals surface area contributed by atoms with E-state index in [2.05, 4.69) is 36.4 Å². The van der Waals surface area contributed by atoms with Gasteiger partial charge in [-0.05, 0) is 56.1 Å². The number of nitrogens with two attached hydrogens (primary N) is 1. The Bertz CT molecular complexity index is 567. The second-order valence-corrected chi connectivity index (χ2v) is 5.26. The summed E-state index contributed by atoms with van der Waals surface area (Å²) in [5.74, 6) is 0.881. The molecule has 0 aliphatic carbocycles. The van der Waals surface area contributed by atoms with Crippen LogP contribution in [-0.4, -0.2) is 32.6 Å². The number of benzene rings is 2. The first-order valence-electron chi connectivity index (χ1n) is 7.00. The molecular formula is C17H23N3O. The predicted molar refractivity (Wildman–Crippen MR) is 88.8 cm³/mol. The van der Waals surface area contributed by atoms with Crippen LogP contribution in [0.4, 0.5) is 11.4 Å². The molecule has 2 rings (SSSR count). The highest BCUT2D eigenvalue weighted by Gasteiger charge is 2.14. The number of nitrogens with one attached hydrogen (secondary N) is 1. The number of likely N-dealkylation sites (N-methyl/N-ethyl adjacent to an activating group) is 1. The van der Waals surface area contributed by atoms with E-state index in [1.165, 1.54) is 5.56 Å². The van der Waals surface area contributed by atoms with Gasteiger partial charge in [0.1, 0.15) is 5.75 Å². The summed E-state index contributed by atoms with van der Waals surface area (Å²) in [6, 6.07) is 16.2. The summed E-state index contributed by atoms with van der Waals surface area (Å²) in [5.41, 5.74) is 8.77. The third-order valence-electron chi connectivity index (χ3n) is 3.51. The molecule has 0 amide bonds. The molecule has 0 heterocycles. The SMILES string of the molecule is COc1cccc(C(CNc2ccc(N)cc2)N(C)C)c1. The number of methoxy groups -OCH3 is 1. The van der Waals surface area contributed by atoms with Crippen molar-refractivity contribution in [2.45, 2.75) is 6.04 Å². The van der Waals surface area contributed by atoms with Crippen molar-refractivity contribution in [3.8, 4) is 5.75 Å². The van der Waals surface area contributed by atoms with E-state index in [1.807, 2.05) is 36.4 Å². The molecule has 21 heavy (non-hydrogen) atoms. The third kappa shape index (κ3) is 4.13. The Hall–Kier alpha value is -2.20. The van der Waals surface area contributed by atoms with Crippen molar-refractivity contribution < 1.29 is 4.74 Å². The highest BCUT2D eigenvalue weighted by Crippen LogP contribution is 2.23. The summed E-state index contributed by atoms with van der Waals surface area (Å²) >= 11 is 0. The summed E-state index contributed by atoms with van der Waals surface area (Å²) in [5, 5.41) is 3.45. The lowest BCUT2D eigenvalue weighted by atomic mass is 10.1. The van der Waals surface area contributed by atoms with E-state index in [-0.39, 0.29) is 6.04 Å². The normalized spacial score (nSPS) is 12.2. The highest BCUT2D eigenvalue weighted by molar-refractivity contribution is 5.51. The van der Waals surface area contributed by atoms with E-state index in [0.717, 1.165) is 23.7 Å². The number of ether oxygens (including phenoxy) is 1. The summed E-state index contributed by atoms with van der Waals surface area (Å²) in [4.78, 5) is 2.19. The van der Waals surface area contributed by atoms with Crippen molar-refractivity contribution in [1.82, 2.24) is 4.90 Å². The molecule has 0 aliphatic heterocycles. The van der Waals surface area contributed by atoms with Crippen LogP contribution in [0, 0.1) is 0 Å². The molecule has 0 aliphatic rings. The molecule has 0 saturated carbocycles. The highest BCUT2D eigenvalue weighted by atomic mass is 16.5. The average Bonchev–Trinajstić information content (AvgIpc) is 2.49. The number of nitrogens with zero attached hydrogens (tertiary/aromatic N) is 1. The van der Waals surface area contributed by atoms with Crippen LogP contribution in [0.15, 0.2) is 48.5 Å². The number of hydrogen-bond acceptors (Lipinski definition) is 4. The lowest BCUT2D eigenvalue weighted by Gasteiger charge is -2.26. The standard InChI is InChI=1S/C17H23N3O/c1-20(2)17(13-5-4-6-16(11-13)21-3)12-19-15-9-7-14(18)8-10-15/h4-11,17,19H,12,18H2,1-3H3. The van der Waals surface area contributed by atoms with Gasteiger partial charge in [0, 0.05) is 17.9 Å². The van der Waals surface area contributed by atoms with Crippen LogP contribution in [0.2, 0.25) is 0 Å². The zero-order chi connectivity index (χ0) is 15.2. The first-order valence-corrected chi connectivity index (χ1v) is 7.00. The minimum atomic E-state index is 0.262. The van der Waals surface area contributed by atoms with Gasteiger partial charge in [0.2, 0.25) is 0 Å². The predicted octanol–water partition coefficient (Wildman–Crippen LogP) is 2.99. The summed E-state index contributed by atoms with van der Waals surface area (Å²) in [7, 11) is 5.85. The van der Waals surface area contributed by atoms with Crippen molar-refractivity contribution in [1.29, 1.82) is 0 Å². The smallest absolute Gasteiger partial charge is 0.119 e. The van der Waals surface area contributed by atoms with Gasteiger partial charge in [-0.1, -0.05) is 12.1 Å². The number of nitrogen functional groups attached to an aromatic ring is 1. The van der Waals surface area contributed by atoms with Gasteiger partial charge in [-0.2, -0.15) is 0 Å². The second-order valence-electron chi connectivity index (χ2n) is 5.26. The van der Waals surface area contributed by atoms with E-state index in [4.69, 9.17) is 10.5 Å². The minimum Gasteiger partial charge on any atom is -0.497 e. The molecule has 4 nitrogen and oxygen atoms in total. The maximum Gasteiger partial charge on any atom is 0.119 e. The Morgan fingerprint density at radius 1 is 1.14 bits per heavy atom. The van der Waals surface area contributed by atoms with Crippen LogP contribution in [0.25, 0.3) is 0 Å². The topological polar surface area (TPSA) is 50.5 Å². The van der Waals surface area contributed by atoms with E-state index in [9.17, 15) is 0 Å². The molecular weight excluding hydrogens is 262 g/mol. The Labute approximate surface area is 126 Å². The van der Waals surface area contributed by atoms with Crippen molar-refractivity contribution in [2.75, 3.05) is 38.8 Å². The van der Waals surface area contributed by atoms with Crippen LogP contribution in [0.1, 0.15) is 11.6 Å². The number of rotatable bonds is 6. The zero-order valence-corrected chi connectivity index (χ0v) is 12.8. The molecule has 1 unspecified atom stereocenters. The average molecular weight is 285 g/mol. The molecule has 2 aromatic carbocycles. The first kappa shape index (κ1) is 15.2. The maximum absolute atomic E-state index is 5.70. The molecule has 112 valence electrons. The first-order chi connectivity index (χ1) is 10.1. The lowest BCUT2D eigenvalue weighted by molar-refractivity contribution is 0.310. The van der Waals surface area contributed by atoms with Crippen molar-refractivity contribution in [2.24, 2.45) is 0 Å². The molecule has 0 bridgehead atoms. The largest absolute Gasteiger partial charge is 0.497 e. The van der Waals surface area contributed by atoms with Gasteiger partial charge in [0.25, 0.3) is 0 Å². The molecule has 1 atom stereocenters. The quantitative estimate of drug-likeness (QED) is 0.801. The van der Waals surface area contributed by atoms with Gasteiger partial charge in [0.05, 0.1) is 13.2 Å². The van der Waals surface area contributed by atoms with Crippen LogP contribution in [-0.2, 0) is 0 Å². The Morgan fingerprint density at radius 3 is 2.48 bits per heavy atom. The molecule has 0 aromatic heterocycles. The summed E-state index contributed by atoms with van der Waals surface area (Å²) in [6.07, 6.45) is 0. The lowest BCUT2D eigenvalue weighted by Crippen LogP contribution is -2.26. The maximum atomic E-state index is 5.70. The number of hydrogen-bond donors (Lipinski definition) is 2. The Balaban J connectivity index is 2.10. The van der Waals surface area contributed by atoms with Gasteiger partial charge in [-0.25, -0.2) is 0 Å². The summed E-state index contributed by atoms with van der Waals surface area (Å²) < 4.78 is 5.31. The zero-order valence-electron chi connectivity index (χ0n) is 12.8. The Morgan fingerprint density at radius 2 is 1.86 bits per heavy atom. The fourth-order valence-corrected chi connectivity index (χ4v) is 2.26. The molecule has 0 fully saturated rings. The van der Waals surface area contributed by atoms with Crippen LogP contribution >= 0.6 is 0 Å². The molecule has 0 radical (unpaired) electrons. The molecule has 0 spiro atoms. The summed E-state index contributed by atoms with van der Waals surface area (Å²) in [6.45, 7) is 0.810. The fraction of sp³-hybridized carbons (Fsp3) is 0.294. The van der Waals surface area contributed by atoms with Gasteiger partial charge in [-0.3, -0.25) is 0 Å². The van der Waals surface area contributed by atoms with Crippen LogP contribution < -0.4 is 15.8 Å². The number of anilines is 2. The van der Waals surface area contributed by atoms with Gasteiger partial charge in [-0.15, -0.1) is 0 Å². The van der Waals surface area contributed by atoms with Crippen molar-refractivity contribution >= 4 is 11.4 Å². The van der Waals surface area contributed by atoms with E-state index >= 15 is 0 Å². The van der Waals surface area contributed by atoms with Gasteiger partial charge in [0.15, 0.2) is 0 Å². The monoisotopic (exact) mass is 285 g/mol. The van der Waals surface area contributed by atoms with Crippen LogP contribution in [0.3, 0.4) is 0 Å². The molecule has 4 heteroatoms. The van der Waals surface area contributed by atoms with E-state index in [1.54, 1.807) is 7.11 Å².